The first-order chi connectivity index (χ1) is 13.3. The van der Waals surface area contributed by atoms with Gasteiger partial charge in [-0.05, 0) is 48.9 Å². The molecule has 0 atom stereocenters. The number of carbonyl (C=O) groups excluding carboxylic acids is 1. The molecule has 148 valence electrons. The average Bonchev–Trinajstić information content (AvgIpc) is 3.06. The van der Waals surface area contributed by atoms with E-state index in [0.717, 1.165) is 4.31 Å². The normalized spacial score (nSPS) is 11.9. The summed E-state index contributed by atoms with van der Waals surface area (Å²) in [6.07, 6.45) is 0.773. The van der Waals surface area contributed by atoms with Crippen LogP contribution in [0.4, 0.5) is 10.1 Å². The van der Waals surface area contributed by atoms with Gasteiger partial charge in [0.05, 0.1) is 10.4 Å². The van der Waals surface area contributed by atoms with Gasteiger partial charge in [0.1, 0.15) is 11.3 Å². The number of benzene rings is 2. The van der Waals surface area contributed by atoms with E-state index in [4.69, 9.17) is 0 Å². The Hall–Kier alpha value is -2.85. The lowest BCUT2D eigenvalue weighted by atomic mass is 10.2. The molecule has 0 radical (unpaired) electrons. The summed E-state index contributed by atoms with van der Waals surface area (Å²) in [5.74, 6) is -0.548. The van der Waals surface area contributed by atoms with E-state index in [9.17, 15) is 17.6 Å². The number of anilines is 1. The van der Waals surface area contributed by atoms with E-state index in [1.54, 1.807) is 10.7 Å². The van der Waals surface area contributed by atoms with Crippen LogP contribution in [-0.4, -0.2) is 47.7 Å². The molecular formula is C18H20FN5O3S. The highest BCUT2D eigenvalue weighted by Gasteiger charge is 2.18. The third-order valence-electron chi connectivity index (χ3n) is 4.17. The Morgan fingerprint density at radius 1 is 1.18 bits per heavy atom. The van der Waals surface area contributed by atoms with Gasteiger partial charge in [-0.2, -0.15) is 0 Å². The first-order valence-corrected chi connectivity index (χ1v) is 10.0. The Morgan fingerprint density at radius 3 is 2.57 bits per heavy atom. The van der Waals surface area contributed by atoms with Crippen LogP contribution in [0.3, 0.4) is 0 Å². The van der Waals surface area contributed by atoms with Gasteiger partial charge < -0.3 is 5.32 Å². The number of aryl methyl sites for hydroxylation is 1. The number of hydrogen-bond donors (Lipinski definition) is 1. The molecule has 8 nitrogen and oxygen atoms in total. The molecule has 3 rings (SSSR count). The Labute approximate surface area is 162 Å². The first kappa shape index (κ1) is 19.9. The average molecular weight is 405 g/mol. The Kier molecular flexibility index (Phi) is 5.71. The van der Waals surface area contributed by atoms with E-state index in [1.165, 1.54) is 50.5 Å². The number of carbonyl (C=O) groups is 1. The van der Waals surface area contributed by atoms with Crippen molar-refractivity contribution in [1.29, 1.82) is 0 Å². The van der Waals surface area contributed by atoms with Crippen molar-refractivity contribution < 1.29 is 17.6 Å². The van der Waals surface area contributed by atoms with E-state index in [-0.39, 0.29) is 23.0 Å². The molecule has 10 heteroatoms. The van der Waals surface area contributed by atoms with Gasteiger partial charge in [0.15, 0.2) is 0 Å². The number of aromatic nitrogens is 3. The minimum Gasteiger partial charge on any atom is -0.326 e. The summed E-state index contributed by atoms with van der Waals surface area (Å²) in [7, 11) is -0.609. The zero-order chi connectivity index (χ0) is 20.3. The van der Waals surface area contributed by atoms with Gasteiger partial charge in [0, 0.05) is 32.7 Å². The zero-order valence-corrected chi connectivity index (χ0v) is 16.3. The minimum atomic E-state index is -3.54. The molecule has 0 spiro atoms. The number of fused-ring (bicyclic) bond motifs is 1. The second-order valence-corrected chi connectivity index (χ2v) is 8.56. The Balaban J connectivity index is 1.62. The number of nitrogens with zero attached hydrogens (tertiary/aromatic N) is 4. The van der Waals surface area contributed by atoms with Crippen LogP contribution < -0.4 is 5.32 Å². The van der Waals surface area contributed by atoms with Crippen molar-refractivity contribution in [3.8, 4) is 0 Å². The van der Waals surface area contributed by atoms with Crippen LogP contribution in [0.1, 0.15) is 12.8 Å². The summed E-state index contributed by atoms with van der Waals surface area (Å²) in [6, 6.07) is 10.2. The molecule has 0 bridgehead atoms. The number of amides is 1. The molecule has 1 N–H and O–H groups in total. The van der Waals surface area contributed by atoms with Gasteiger partial charge >= 0.3 is 0 Å². The van der Waals surface area contributed by atoms with Crippen LogP contribution in [0, 0.1) is 5.82 Å². The third-order valence-corrected chi connectivity index (χ3v) is 5.98. The largest absolute Gasteiger partial charge is 0.326 e. The van der Waals surface area contributed by atoms with Gasteiger partial charge in [-0.15, -0.1) is 5.10 Å². The minimum absolute atomic E-state index is 0.149. The molecule has 0 saturated carbocycles. The fourth-order valence-electron chi connectivity index (χ4n) is 2.63. The lowest BCUT2D eigenvalue weighted by molar-refractivity contribution is -0.116. The van der Waals surface area contributed by atoms with E-state index >= 15 is 0 Å². The van der Waals surface area contributed by atoms with Gasteiger partial charge in [-0.1, -0.05) is 5.21 Å². The molecule has 0 aliphatic rings. The van der Waals surface area contributed by atoms with Crippen LogP contribution in [0.15, 0.2) is 47.4 Å². The smallest absolute Gasteiger partial charge is 0.242 e. The molecule has 0 fully saturated rings. The standard InChI is InChI=1S/C18H20FN5O3S/c1-23(2)28(26,27)15-9-10-17-16(12-15)21-22-24(17)11-3-4-18(25)20-14-7-5-13(19)6-8-14/h5-10,12H,3-4,11H2,1-2H3,(H,20,25). The fraction of sp³-hybridized carbons (Fsp3) is 0.278. The highest BCUT2D eigenvalue weighted by atomic mass is 32.2. The van der Waals surface area contributed by atoms with Crippen molar-refractivity contribution in [1.82, 2.24) is 19.3 Å². The lowest BCUT2D eigenvalue weighted by Crippen LogP contribution is -2.22. The van der Waals surface area contributed by atoms with Crippen molar-refractivity contribution in [3.05, 3.63) is 48.3 Å². The quantitative estimate of drug-likeness (QED) is 0.650. The van der Waals surface area contributed by atoms with Crippen molar-refractivity contribution >= 4 is 32.7 Å². The van der Waals surface area contributed by atoms with Gasteiger partial charge in [0.25, 0.3) is 0 Å². The van der Waals surface area contributed by atoms with Gasteiger partial charge in [0.2, 0.25) is 15.9 Å². The third kappa shape index (κ3) is 4.34. The fourth-order valence-corrected chi connectivity index (χ4v) is 3.56. The highest BCUT2D eigenvalue weighted by molar-refractivity contribution is 7.89. The maximum Gasteiger partial charge on any atom is 0.242 e. The molecule has 3 aromatic rings. The second kappa shape index (κ2) is 8.03. The summed E-state index contributed by atoms with van der Waals surface area (Å²) in [4.78, 5) is 12.1. The molecular weight excluding hydrogens is 385 g/mol. The molecule has 0 aliphatic carbocycles. The van der Waals surface area contributed by atoms with Crippen molar-refractivity contribution in [2.24, 2.45) is 0 Å². The molecule has 1 amide bonds. The summed E-state index contributed by atoms with van der Waals surface area (Å²) >= 11 is 0. The van der Waals surface area contributed by atoms with Crippen LogP contribution >= 0.6 is 0 Å². The second-order valence-electron chi connectivity index (χ2n) is 6.41. The van der Waals surface area contributed by atoms with E-state index in [2.05, 4.69) is 15.6 Å². The highest BCUT2D eigenvalue weighted by Crippen LogP contribution is 2.19. The monoisotopic (exact) mass is 405 g/mol. The summed E-state index contributed by atoms with van der Waals surface area (Å²) in [5.41, 5.74) is 1.70. The van der Waals surface area contributed by atoms with Gasteiger partial charge in [-0.25, -0.2) is 21.8 Å². The molecule has 1 aromatic heterocycles. The maximum absolute atomic E-state index is 12.9. The molecule has 28 heavy (non-hydrogen) atoms. The van der Waals surface area contributed by atoms with E-state index in [1.807, 2.05) is 0 Å². The van der Waals surface area contributed by atoms with Crippen molar-refractivity contribution in [2.45, 2.75) is 24.3 Å². The number of hydrogen-bond acceptors (Lipinski definition) is 5. The molecule has 1 heterocycles. The Bertz CT molecular complexity index is 1090. The van der Waals surface area contributed by atoms with Crippen LogP contribution in [0.5, 0.6) is 0 Å². The SMILES string of the molecule is CN(C)S(=O)(=O)c1ccc2c(c1)nnn2CCCC(=O)Nc1ccc(F)cc1. The lowest BCUT2D eigenvalue weighted by Gasteiger charge is -2.11. The topological polar surface area (TPSA) is 97.2 Å². The predicted octanol–water partition coefficient (Wildman–Crippen LogP) is 2.24. The zero-order valence-electron chi connectivity index (χ0n) is 15.5. The van der Waals surface area contributed by atoms with Gasteiger partial charge in [-0.3, -0.25) is 4.79 Å². The molecule has 2 aromatic carbocycles. The first-order valence-electron chi connectivity index (χ1n) is 8.58. The van der Waals surface area contributed by atoms with Crippen molar-refractivity contribution in [3.63, 3.8) is 0 Å². The summed E-state index contributed by atoms with van der Waals surface area (Å²) in [5, 5.41) is 10.8. The number of rotatable bonds is 7. The number of sulfonamides is 1. The van der Waals surface area contributed by atoms with E-state index in [0.29, 0.717) is 29.7 Å². The van der Waals surface area contributed by atoms with Crippen molar-refractivity contribution in [2.75, 3.05) is 19.4 Å². The van der Waals surface area contributed by atoms with Crippen LogP contribution in [-0.2, 0) is 21.4 Å². The maximum atomic E-state index is 12.9. The molecule has 0 aliphatic heterocycles. The number of nitrogens with one attached hydrogen (secondary N) is 1. The van der Waals surface area contributed by atoms with Crippen LogP contribution in [0.25, 0.3) is 11.0 Å². The molecule has 0 saturated heterocycles. The summed E-state index contributed by atoms with van der Waals surface area (Å²) < 4.78 is 40.1. The van der Waals surface area contributed by atoms with Crippen LogP contribution in [0.2, 0.25) is 0 Å². The van der Waals surface area contributed by atoms with E-state index < -0.39 is 10.0 Å². The summed E-state index contributed by atoms with van der Waals surface area (Å²) in [6.45, 7) is 0.452. The Morgan fingerprint density at radius 2 is 1.89 bits per heavy atom. The number of halogens is 1. The predicted molar refractivity (Wildman–Crippen MR) is 103 cm³/mol. The molecule has 0 unspecified atom stereocenters.